The summed E-state index contributed by atoms with van der Waals surface area (Å²) < 4.78 is 0. The van der Waals surface area contributed by atoms with E-state index in [1.807, 2.05) is 0 Å². The normalized spacial score (nSPS) is 24.6. The van der Waals surface area contributed by atoms with E-state index < -0.39 is 0 Å². The molecule has 0 heterocycles. The van der Waals surface area contributed by atoms with Crippen LogP contribution in [-0.2, 0) is 0 Å². The maximum atomic E-state index is 2.40. The summed E-state index contributed by atoms with van der Waals surface area (Å²) in [6.45, 7) is 2.23. The lowest BCUT2D eigenvalue weighted by Gasteiger charge is -2.12. The van der Waals surface area contributed by atoms with E-state index in [4.69, 9.17) is 0 Å². The summed E-state index contributed by atoms with van der Waals surface area (Å²) in [7, 11) is 0. The second-order valence-corrected chi connectivity index (χ2v) is 3.26. The van der Waals surface area contributed by atoms with Crippen LogP contribution in [0.5, 0.6) is 0 Å². The molecule has 0 saturated heterocycles. The summed E-state index contributed by atoms with van der Waals surface area (Å²) in [5, 5.41) is 0. The summed E-state index contributed by atoms with van der Waals surface area (Å²) in [6.07, 6.45) is 15.8. The molecule has 1 unspecified atom stereocenters. The molecule has 0 aliphatic heterocycles. The van der Waals surface area contributed by atoms with Crippen molar-refractivity contribution >= 4 is 0 Å². The van der Waals surface area contributed by atoms with Crippen molar-refractivity contribution in [2.45, 2.75) is 39.0 Å². The van der Waals surface area contributed by atoms with Gasteiger partial charge in [-0.05, 0) is 31.6 Å². The first-order chi connectivity index (χ1) is 5.43. The molecular formula is C11H18. The highest BCUT2D eigenvalue weighted by molar-refractivity contribution is 4.98. The number of rotatable bonds is 3. The Morgan fingerprint density at radius 3 is 3.00 bits per heavy atom. The molecule has 0 spiro atoms. The summed E-state index contributed by atoms with van der Waals surface area (Å²) >= 11 is 0. The van der Waals surface area contributed by atoms with E-state index in [2.05, 4.69) is 31.2 Å². The number of allylic oxidation sites excluding steroid dienone is 4. The molecule has 0 aromatic heterocycles. The zero-order chi connectivity index (χ0) is 7.94. The van der Waals surface area contributed by atoms with Gasteiger partial charge in [0.15, 0.2) is 0 Å². The first-order valence-electron chi connectivity index (χ1n) is 4.75. The first kappa shape index (κ1) is 8.58. The van der Waals surface area contributed by atoms with Gasteiger partial charge in [-0.3, -0.25) is 0 Å². The molecule has 1 rings (SSSR count). The fourth-order valence-electron chi connectivity index (χ4n) is 1.45. The summed E-state index contributed by atoms with van der Waals surface area (Å²) in [4.78, 5) is 0. The van der Waals surface area contributed by atoms with Crippen LogP contribution in [0.4, 0.5) is 0 Å². The van der Waals surface area contributed by atoms with Crippen molar-refractivity contribution in [2.24, 2.45) is 5.92 Å². The fraction of sp³-hybridized carbons (Fsp3) is 0.636. The molecule has 0 saturated carbocycles. The molecule has 0 aromatic rings. The van der Waals surface area contributed by atoms with Gasteiger partial charge in [0.05, 0.1) is 0 Å². The lowest BCUT2D eigenvalue weighted by Crippen LogP contribution is -1.97. The Labute approximate surface area is 70.0 Å². The zero-order valence-corrected chi connectivity index (χ0v) is 7.42. The van der Waals surface area contributed by atoms with E-state index in [1.54, 1.807) is 0 Å². The Morgan fingerprint density at radius 1 is 1.45 bits per heavy atom. The van der Waals surface area contributed by atoms with Crippen LogP contribution >= 0.6 is 0 Å². The number of hydrogen-bond acceptors (Lipinski definition) is 0. The molecule has 11 heavy (non-hydrogen) atoms. The average molecular weight is 150 g/mol. The predicted molar refractivity (Wildman–Crippen MR) is 50.5 cm³/mol. The van der Waals surface area contributed by atoms with Crippen molar-refractivity contribution in [1.82, 2.24) is 0 Å². The highest BCUT2D eigenvalue weighted by Gasteiger charge is 2.04. The number of hydrogen-bond donors (Lipinski definition) is 0. The topological polar surface area (TPSA) is 0 Å². The minimum Gasteiger partial charge on any atom is -0.0885 e. The van der Waals surface area contributed by atoms with Crippen molar-refractivity contribution in [1.29, 1.82) is 0 Å². The van der Waals surface area contributed by atoms with Gasteiger partial charge in [-0.1, -0.05) is 37.6 Å². The van der Waals surface area contributed by atoms with Gasteiger partial charge in [-0.15, -0.1) is 0 Å². The molecule has 1 aliphatic rings. The van der Waals surface area contributed by atoms with E-state index in [0.29, 0.717) is 0 Å². The molecule has 0 bridgehead atoms. The summed E-state index contributed by atoms with van der Waals surface area (Å²) in [5.41, 5.74) is 0. The highest BCUT2D eigenvalue weighted by atomic mass is 14.1. The quantitative estimate of drug-likeness (QED) is 0.538. The van der Waals surface area contributed by atoms with Gasteiger partial charge in [0, 0.05) is 0 Å². The summed E-state index contributed by atoms with van der Waals surface area (Å²) in [5.74, 6) is 0.839. The molecule has 0 radical (unpaired) electrons. The van der Waals surface area contributed by atoms with Crippen LogP contribution in [0.25, 0.3) is 0 Å². The Kier molecular flexibility index (Phi) is 4.03. The van der Waals surface area contributed by atoms with Gasteiger partial charge in [0.2, 0.25) is 0 Å². The molecule has 0 nitrogen and oxygen atoms in total. The lowest BCUT2D eigenvalue weighted by molar-refractivity contribution is 0.582. The number of unbranched alkanes of at least 4 members (excludes halogenated alkanes) is 1. The second-order valence-electron chi connectivity index (χ2n) is 3.26. The van der Waals surface area contributed by atoms with E-state index in [-0.39, 0.29) is 0 Å². The molecular weight excluding hydrogens is 132 g/mol. The van der Waals surface area contributed by atoms with Crippen LogP contribution in [0.2, 0.25) is 0 Å². The largest absolute Gasteiger partial charge is 0.0885 e. The maximum Gasteiger partial charge on any atom is -0.0196 e. The molecule has 0 N–H and O–H groups in total. The van der Waals surface area contributed by atoms with Gasteiger partial charge >= 0.3 is 0 Å². The van der Waals surface area contributed by atoms with Crippen LogP contribution < -0.4 is 0 Å². The maximum absolute atomic E-state index is 2.40. The SMILES string of the molecule is CCCC=CC1CC=CCC1. The van der Waals surface area contributed by atoms with Crippen molar-refractivity contribution in [3.05, 3.63) is 24.3 Å². The molecule has 0 amide bonds. The molecule has 1 atom stereocenters. The standard InChI is InChI=1S/C11H18/c1-2-3-5-8-11-9-6-4-7-10-11/h4-6,8,11H,2-3,7,9-10H2,1H3. The third-order valence-corrected chi connectivity index (χ3v) is 2.17. The van der Waals surface area contributed by atoms with Crippen molar-refractivity contribution < 1.29 is 0 Å². The Bertz CT molecular complexity index is 142. The van der Waals surface area contributed by atoms with E-state index >= 15 is 0 Å². The third-order valence-electron chi connectivity index (χ3n) is 2.17. The molecule has 62 valence electrons. The lowest BCUT2D eigenvalue weighted by atomic mass is 9.94. The monoisotopic (exact) mass is 150 g/mol. The van der Waals surface area contributed by atoms with Crippen LogP contribution in [0.3, 0.4) is 0 Å². The van der Waals surface area contributed by atoms with Gasteiger partial charge in [-0.25, -0.2) is 0 Å². The van der Waals surface area contributed by atoms with Gasteiger partial charge in [0.25, 0.3) is 0 Å². The first-order valence-corrected chi connectivity index (χ1v) is 4.75. The zero-order valence-electron chi connectivity index (χ0n) is 7.42. The highest BCUT2D eigenvalue weighted by Crippen LogP contribution is 2.19. The Morgan fingerprint density at radius 2 is 2.36 bits per heavy atom. The van der Waals surface area contributed by atoms with Crippen molar-refractivity contribution in [2.75, 3.05) is 0 Å². The molecule has 0 fully saturated rings. The summed E-state index contributed by atoms with van der Waals surface area (Å²) in [6, 6.07) is 0. The average Bonchev–Trinajstić information content (AvgIpc) is 2.07. The second kappa shape index (κ2) is 5.17. The van der Waals surface area contributed by atoms with Gasteiger partial charge in [-0.2, -0.15) is 0 Å². The molecule has 0 aromatic carbocycles. The van der Waals surface area contributed by atoms with Gasteiger partial charge < -0.3 is 0 Å². The molecule has 0 heteroatoms. The van der Waals surface area contributed by atoms with Crippen LogP contribution in [0.1, 0.15) is 39.0 Å². The van der Waals surface area contributed by atoms with Crippen molar-refractivity contribution in [3.63, 3.8) is 0 Å². The van der Waals surface area contributed by atoms with Crippen LogP contribution in [-0.4, -0.2) is 0 Å². The van der Waals surface area contributed by atoms with Crippen LogP contribution in [0.15, 0.2) is 24.3 Å². The van der Waals surface area contributed by atoms with Gasteiger partial charge in [0.1, 0.15) is 0 Å². The van der Waals surface area contributed by atoms with E-state index in [1.165, 1.54) is 32.1 Å². The predicted octanol–water partition coefficient (Wildman–Crippen LogP) is 3.70. The molecule has 1 aliphatic carbocycles. The van der Waals surface area contributed by atoms with E-state index in [9.17, 15) is 0 Å². The minimum absolute atomic E-state index is 0.839. The minimum atomic E-state index is 0.839. The van der Waals surface area contributed by atoms with Crippen molar-refractivity contribution in [3.8, 4) is 0 Å². The third kappa shape index (κ3) is 3.41. The van der Waals surface area contributed by atoms with Crippen LogP contribution in [0, 0.1) is 5.92 Å². The smallest absolute Gasteiger partial charge is 0.0196 e. The van der Waals surface area contributed by atoms with E-state index in [0.717, 1.165) is 5.92 Å². The Hall–Kier alpha value is -0.520. The fourth-order valence-corrected chi connectivity index (χ4v) is 1.45. The Balaban J connectivity index is 2.20.